The van der Waals surface area contributed by atoms with E-state index in [0.29, 0.717) is 22.8 Å². The maximum atomic E-state index is 13.1. The van der Waals surface area contributed by atoms with E-state index in [9.17, 15) is 9.59 Å². The van der Waals surface area contributed by atoms with Gasteiger partial charge in [-0.1, -0.05) is 29.8 Å². The van der Waals surface area contributed by atoms with Crippen molar-refractivity contribution in [1.82, 2.24) is 4.90 Å². The standard InChI is InChI=1S/C23H25ClN2O3/c1-14(2)29-12-11-26-22(27)20(17-6-8-18(24)9-7-17)21(23(26)28)25-19-10-5-15(3)16(4)13-19/h5-10,13-14,25H,11-12H2,1-4H3. The fraction of sp³-hybridized carbons (Fsp3) is 0.304. The summed E-state index contributed by atoms with van der Waals surface area (Å²) in [6.45, 7) is 8.35. The molecule has 2 aromatic rings. The fourth-order valence-electron chi connectivity index (χ4n) is 3.12. The second kappa shape index (κ2) is 8.80. The lowest BCUT2D eigenvalue weighted by Gasteiger charge is -2.16. The molecule has 0 aromatic heterocycles. The Morgan fingerprint density at radius 1 is 1.00 bits per heavy atom. The van der Waals surface area contributed by atoms with Gasteiger partial charge in [-0.3, -0.25) is 14.5 Å². The zero-order valence-corrected chi connectivity index (χ0v) is 17.8. The maximum absolute atomic E-state index is 13.1. The van der Waals surface area contributed by atoms with Crippen LogP contribution in [0, 0.1) is 13.8 Å². The van der Waals surface area contributed by atoms with E-state index in [0.717, 1.165) is 16.8 Å². The molecular formula is C23H25ClN2O3. The second-order valence-corrected chi connectivity index (χ2v) is 7.80. The normalized spacial score (nSPS) is 14.3. The van der Waals surface area contributed by atoms with Crippen molar-refractivity contribution >= 4 is 34.7 Å². The SMILES string of the molecule is Cc1ccc(NC2=C(c3ccc(Cl)cc3)C(=O)N(CCOC(C)C)C2=O)cc1C. The predicted octanol–water partition coefficient (Wildman–Crippen LogP) is 4.57. The van der Waals surface area contributed by atoms with Crippen LogP contribution >= 0.6 is 11.6 Å². The van der Waals surface area contributed by atoms with E-state index in [1.807, 2.05) is 45.9 Å². The monoisotopic (exact) mass is 412 g/mol. The molecule has 1 aliphatic heterocycles. The number of aryl methyl sites for hydroxylation is 2. The number of benzene rings is 2. The third-order valence-corrected chi connectivity index (χ3v) is 5.10. The first kappa shape index (κ1) is 21.1. The van der Waals surface area contributed by atoms with Crippen molar-refractivity contribution in [2.24, 2.45) is 0 Å². The highest BCUT2D eigenvalue weighted by Gasteiger charge is 2.39. The number of nitrogens with zero attached hydrogens (tertiary/aromatic N) is 1. The van der Waals surface area contributed by atoms with E-state index < -0.39 is 0 Å². The smallest absolute Gasteiger partial charge is 0.278 e. The first-order chi connectivity index (χ1) is 13.8. The fourth-order valence-corrected chi connectivity index (χ4v) is 3.25. The van der Waals surface area contributed by atoms with Gasteiger partial charge < -0.3 is 10.1 Å². The van der Waals surface area contributed by atoms with Gasteiger partial charge in [-0.15, -0.1) is 0 Å². The summed E-state index contributed by atoms with van der Waals surface area (Å²) in [6.07, 6.45) is 0.0274. The number of hydrogen-bond donors (Lipinski definition) is 1. The minimum Gasteiger partial charge on any atom is -0.377 e. The van der Waals surface area contributed by atoms with Crippen LogP contribution in [0.25, 0.3) is 5.57 Å². The summed E-state index contributed by atoms with van der Waals surface area (Å²) in [7, 11) is 0. The molecule has 6 heteroatoms. The summed E-state index contributed by atoms with van der Waals surface area (Å²) < 4.78 is 5.54. The number of hydrogen-bond acceptors (Lipinski definition) is 4. The summed E-state index contributed by atoms with van der Waals surface area (Å²) in [5.41, 5.74) is 4.27. The first-order valence-corrected chi connectivity index (χ1v) is 9.98. The summed E-state index contributed by atoms with van der Waals surface area (Å²) in [6, 6.07) is 12.8. The van der Waals surface area contributed by atoms with Gasteiger partial charge in [0, 0.05) is 10.7 Å². The van der Waals surface area contributed by atoms with E-state index in [1.165, 1.54) is 4.90 Å². The Balaban J connectivity index is 1.97. The number of nitrogens with one attached hydrogen (secondary N) is 1. The number of amides is 2. The summed E-state index contributed by atoms with van der Waals surface area (Å²) in [4.78, 5) is 27.5. The molecule has 5 nitrogen and oxygen atoms in total. The quantitative estimate of drug-likeness (QED) is 0.676. The van der Waals surface area contributed by atoms with Crippen LogP contribution in [0.2, 0.25) is 5.02 Å². The number of carbonyl (C=O) groups excluding carboxylic acids is 2. The molecule has 0 radical (unpaired) electrons. The highest BCUT2D eigenvalue weighted by Crippen LogP contribution is 2.31. The van der Waals surface area contributed by atoms with Crippen molar-refractivity contribution in [3.8, 4) is 0 Å². The minimum absolute atomic E-state index is 0.0274. The van der Waals surface area contributed by atoms with Gasteiger partial charge in [0.1, 0.15) is 5.70 Å². The summed E-state index contributed by atoms with van der Waals surface area (Å²) >= 11 is 6.00. The first-order valence-electron chi connectivity index (χ1n) is 9.60. The number of carbonyl (C=O) groups is 2. The van der Waals surface area contributed by atoms with Gasteiger partial charge in [-0.2, -0.15) is 0 Å². The van der Waals surface area contributed by atoms with E-state index >= 15 is 0 Å². The van der Waals surface area contributed by atoms with Crippen LogP contribution in [0.5, 0.6) is 0 Å². The van der Waals surface area contributed by atoms with Crippen molar-refractivity contribution in [1.29, 1.82) is 0 Å². The van der Waals surface area contributed by atoms with Crippen molar-refractivity contribution in [3.63, 3.8) is 0 Å². The zero-order chi connectivity index (χ0) is 21.1. The van der Waals surface area contributed by atoms with E-state index in [-0.39, 0.29) is 30.2 Å². The predicted molar refractivity (Wildman–Crippen MR) is 116 cm³/mol. The van der Waals surface area contributed by atoms with Crippen LogP contribution in [-0.4, -0.2) is 36.0 Å². The molecule has 2 amide bonds. The number of ether oxygens (including phenoxy) is 1. The lowest BCUT2D eigenvalue weighted by Crippen LogP contribution is -2.35. The van der Waals surface area contributed by atoms with Crippen LogP contribution in [0.1, 0.15) is 30.5 Å². The molecule has 0 unspecified atom stereocenters. The highest BCUT2D eigenvalue weighted by molar-refractivity contribution is 6.36. The Morgan fingerprint density at radius 2 is 1.69 bits per heavy atom. The Morgan fingerprint density at radius 3 is 2.31 bits per heavy atom. The van der Waals surface area contributed by atoms with Crippen LogP contribution in [0.3, 0.4) is 0 Å². The zero-order valence-electron chi connectivity index (χ0n) is 17.1. The summed E-state index contributed by atoms with van der Waals surface area (Å²) in [5.74, 6) is -0.693. The average molecular weight is 413 g/mol. The van der Waals surface area contributed by atoms with Crippen LogP contribution in [0.15, 0.2) is 48.2 Å². The number of rotatable bonds is 7. The van der Waals surface area contributed by atoms with Crippen LogP contribution in [0.4, 0.5) is 5.69 Å². The van der Waals surface area contributed by atoms with Gasteiger partial charge >= 0.3 is 0 Å². The topological polar surface area (TPSA) is 58.6 Å². The number of anilines is 1. The largest absolute Gasteiger partial charge is 0.377 e. The minimum atomic E-state index is -0.356. The van der Waals surface area contributed by atoms with Crippen molar-refractivity contribution in [2.45, 2.75) is 33.8 Å². The van der Waals surface area contributed by atoms with Gasteiger partial charge in [-0.25, -0.2) is 0 Å². The van der Waals surface area contributed by atoms with Gasteiger partial charge in [0.2, 0.25) is 0 Å². The molecule has 3 rings (SSSR count). The van der Waals surface area contributed by atoms with Gasteiger partial charge in [-0.05, 0) is 68.7 Å². The molecule has 0 spiro atoms. The van der Waals surface area contributed by atoms with Gasteiger partial charge in [0.25, 0.3) is 11.8 Å². The molecule has 0 aliphatic carbocycles. The molecule has 0 saturated carbocycles. The Bertz CT molecular complexity index is 965. The Kier molecular flexibility index (Phi) is 6.40. The van der Waals surface area contributed by atoms with Crippen LogP contribution < -0.4 is 5.32 Å². The molecule has 0 saturated heterocycles. The molecule has 0 bridgehead atoms. The van der Waals surface area contributed by atoms with Crippen LogP contribution in [-0.2, 0) is 14.3 Å². The third-order valence-electron chi connectivity index (χ3n) is 4.84. The molecule has 1 aliphatic rings. The molecule has 1 heterocycles. The lowest BCUT2D eigenvalue weighted by atomic mass is 10.0. The van der Waals surface area contributed by atoms with Gasteiger partial charge in [0.05, 0.1) is 24.8 Å². The Hall–Kier alpha value is -2.63. The molecule has 0 atom stereocenters. The van der Waals surface area contributed by atoms with Crippen molar-refractivity contribution in [2.75, 3.05) is 18.5 Å². The third kappa shape index (κ3) is 4.69. The van der Waals surface area contributed by atoms with E-state index in [1.54, 1.807) is 24.3 Å². The molecule has 2 aromatic carbocycles. The molecule has 152 valence electrons. The van der Waals surface area contributed by atoms with Gasteiger partial charge in [0.15, 0.2) is 0 Å². The average Bonchev–Trinajstić information content (AvgIpc) is 2.89. The highest BCUT2D eigenvalue weighted by atomic mass is 35.5. The molecule has 29 heavy (non-hydrogen) atoms. The van der Waals surface area contributed by atoms with E-state index in [4.69, 9.17) is 16.3 Å². The second-order valence-electron chi connectivity index (χ2n) is 7.36. The lowest BCUT2D eigenvalue weighted by molar-refractivity contribution is -0.137. The van der Waals surface area contributed by atoms with Crippen molar-refractivity contribution in [3.05, 3.63) is 69.9 Å². The molecule has 0 fully saturated rings. The molecular weight excluding hydrogens is 388 g/mol. The number of imide groups is 1. The Labute approximate surface area is 176 Å². The molecule has 1 N–H and O–H groups in total. The maximum Gasteiger partial charge on any atom is 0.278 e. The van der Waals surface area contributed by atoms with Crippen molar-refractivity contribution < 1.29 is 14.3 Å². The van der Waals surface area contributed by atoms with E-state index in [2.05, 4.69) is 5.32 Å². The number of halogens is 1. The summed E-state index contributed by atoms with van der Waals surface area (Å²) in [5, 5.41) is 3.74.